The number of halogens is 1. The lowest BCUT2D eigenvalue weighted by Gasteiger charge is -2.33. The molecule has 2 fully saturated rings. The highest BCUT2D eigenvalue weighted by molar-refractivity contribution is 5.75. The van der Waals surface area contributed by atoms with Crippen LogP contribution in [0.1, 0.15) is 18.2 Å². The quantitative estimate of drug-likeness (QED) is 0.573. The summed E-state index contributed by atoms with van der Waals surface area (Å²) in [5.74, 6) is 1.11. The van der Waals surface area contributed by atoms with E-state index in [1.807, 2.05) is 12.1 Å². The van der Waals surface area contributed by atoms with Crippen LogP contribution in [0.5, 0.6) is 0 Å². The number of rotatable bonds is 6. The van der Waals surface area contributed by atoms with Gasteiger partial charge in [0.05, 0.1) is 43.0 Å². The number of morpholine rings is 1. The Morgan fingerprint density at radius 1 is 1.19 bits per heavy atom. The van der Waals surface area contributed by atoms with E-state index in [4.69, 9.17) is 14.5 Å². The molecule has 32 heavy (non-hydrogen) atoms. The maximum atomic E-state index is 15.0. The Morgan fingerprint density at radius 2 is 2.06 bits per heavy atom. The largest absolute Gasteiger partial charge is 0.383 e. The van der Waals surface area contributed by atoms with Crippen LogP contribution in [0.2, 0.25) is 0 Å². The van der Waals surface area contributed by atoms with Crippen molar-refractivity contribution in [3.05, 3.63) is 36.5 Å². The molecule has 0 N–H and O–H groups in total. The number of nitrogens with zero attached hydrogens (tertiary/aromatic N) is 7. The van der Waals surface area contributed by atoms with Gasteiger partial charge < -0.3 is 14.4 Å². The predicted octanol–water partition coefficient (Wildman–Crippen LogP) is 1.82. The molecule has 0 aromatic carbocycles. The van der Waals surface area contributed by atoms with Gasteiger partial charge in [-0.3, -0.25) is 4.90 Å². The predicted molar refractivity (Wildman–Crippen MR) is 118 cm³/mol. The fraction of sp³-hybridized carbons (Fsp3) is 0.545. The SMILES string of the molecule is COCCN1CC[C@H](c2ncc3cnn(-c4ccnc(N5CCOCC5)c4)c3n2)[C@H](F)C1. The Bertz CT molecular complexity index is 1060. The van der Waals surface area contributed by atoms with Gasteiger partial charge in [-0.15, -0.1) is 0 Å². The first kappa shape index (κ1) is 21.2. The van der Waals surface area contributed by atoms with Gasteiger partial charge in [-0.25, -0.2) is 24.0 Å². The number of aromatic nitrogens is 5. The van der Waals surface area contributed by atoms with Crippen molar-refractivity contribution in [2.45, 2.75) is 18.5 Å². The van der Waals surface area contributed by atoms with Crippen LogP contribution >= 0.6 is 0 Å². The van der Waals surface area contributed by atoms with E-state index in [1.165, 1.54) is 0 Å². The number of likely N-dealkylation sites (tertiary alicyclic amines) is 1. The van der Waals surface area contributed by atoms with Crippen molar-refractivity contribution in [1.29, 1.82) is 0 Å². The van der Waals surface area contributed by atoms with Crippen molar-refractivity contribution < 1.29 is 13.9 Å². The standard InChI is InChI=1S/C22H28FN7O2/c1-31-9-6-28-5-3-18(19(23)15-28)21-25-13-16-14-26-30(22(16)27-21)17-2-4-24-20(12-17)29-7-10-32-11-8-29/h2,4,12-14,18-19H,3,5-11,15H2,1H3/t18-,19+/m0/s1. The fourth-order valence-corrected chi connectivity index (χ4v) is 4.39. The van der Waals surface area contributed by atoms with E-state index in [0.717, 1.165) is 43.1 Å². The van der Waals surface area contributed by atoms with Crippen LogP contribution in [0.25, 0.3) is 16.7 Å². The second kappa shape index (κ2) is 9.43. The van der Waals surface area contributed by atoms with E-state index in [2.05, 4.69) is 24.9 Å². The Kier molecular flexibility index (Phi) is 6.24. The summed E-state index contributed by atoms with van der Waals surface area (Å²) >= 11 is 0. The summed E-state index contributed by atoms with van der Waals surface area (Å²) in [5.41, 5.74) is 1.55. The van der Waals surface area contributed by atoms with Gasteiger partial charge in [-0.1, -0.05) is 0 Å². The number of ether oxygens (including phenoxy) is 2. The first-order chi connectivity index (χ1) is 15.7. The molecule has 3 aromatic heterocycles. The van der Waals surface area contributed by atoms with Crippen LogP contribution in [-0.2, 0) is 9.47 Å². The summed E-state index contributed by atoms with van der Waals surface area (Å²) in [6.07, 6.45) is 4.94. The molecule has 2 saturated heterocycles. The third-order valence-electron chi connectivity index (χ3n) is 6.21. The minimum Gasteiger partial charge on any atom is -0.383 e. The molecule has 2 aliphatic heterocycles. The monoisotopic (exact) mass is 441 g/mol. The molecular weight excluding hydrogens is 413 g/mol. The van der Waals surface area contributed by atoms with Crippen molar-refractivity contribution in [3.63, 3.8) is 0 Å². The van der Waals surface area contributed by atoms with Gasteiger partial charge in [0.1, 0.15) is 17.8 Å². The molecule has 170 valence electrons. The number of hydrogen-bond acceptors (Lipinski definition) is 8. The van der Waals surface area contributed by atoms with E-state index in [9.17, 15) is 0 Å². The third kappa shape index (κ3) is 4.30. The average Bonchev–Trinajstić information content (AvgIpc) is 3.27. The summed E-state index contributed by atoms with van der Waals surface area (Å²) in [6.45, 7) is 5.54. The summed E-state index contributed by atoms with van der Waals surface area (Å²) in [6, 6.07) is 3.91. The van der Waals surface area contributed by atoms with E-state index < -0.39 is 6.17 Å². The maximum Gasteiger partial charge on any atom is 0.166 e. The molecule has 0 spiro atoms. The van der Waals surface area contributed by atoms with Crippen molar-refractivity contribution in [3.8, 4) is 5.69 Å². The van der Waals surface area contributed by atoms with Crippen LogP contribution in [0.4, 0.5) is 10.2 Å². The van der Waals surface area contributed by atoms with Crippen molar-refractivity contribution >= 4 is 16.9 Å². The van der Waals surface area contributed by atoms with E-state index >= 15 is 4.39 Å². The number of methoxy groups -OCH3 is 1. The fourth-order valence-electron chi connectivity index (χ4n) is 4.39. The molecule has 0 unspecified atom stereocenters. The van der Waals surface area contributed by atoms with Gasteiger partial charge in [-0.05, 0) is 19.0 Å². The highest BCUT2D eigenvalue weighted by Crippen LogP contribution is 2.29. The number of fused-ring (bicyclic) bond motifs is 1. The van der Waals surface area contributed by atoms with Gasteiger partial charge in [0.15, 0.2) is 5.65 Å². The van der Waals surface area contributed by atoms with Crippen molar-refractivity contribution in [2.24, 2.45) is 0 Å². The Labute approximate surface area is 186 Å². The van der Waals surface area contributed by atoms with Crippen LogP contribution in [-0.4, -0.2) is 95.5 Å². The molecule has 0 amide bonds. The average molecular weight is 442 g/mol. The maximum absolute atomic E-state index is 15.0. The summed E-state index contributed by atoms with van der Waals surface area (Å²) in [7, 11) is 1.67. The number of alkyl halides is 1. The number of piperidine rings is 1. The molecule has 0 saturated carbocycles. The normalized spacial score (nSPS) is 22.5. The molecular formula is C22H28FN7O2. The van der Waals surface area contributed by atoms with Crippen LogP contribution in [0.15, 0.2) is 30.7 Å². The highest BCUT2D eigenvalue weighted by Gasteiger charge is 2.32. The lowest BCUT2D eigenvalue weighted by Crippen LogP contribution is -2.42. The third-order valence-corrected chi connectivity index (χ3v) is 6.21. The smallest absolute Gasteiger partial charge is 0.166 e. The number of hydrogen-bond donors (Lipinski definition) is 0. The minimum absolute atomic E-state index is 0.317. The molecule has 0 bridgehead atoms. The van der Waals surface area contributed by atoms with Gasteiger partial charge in [0, 0.05) is 51.7 Å². The zero-order valence-corrected chi connectivity index (χ0v) is 18.2. The second-order valence-electron chi connectivity index (χ2n) is 8.24. The topological polar surface area (TPSA) is 81.4 Å². The molecule has 5 rings (SSSR count). The first-order valence-electron chi connectivity index (χ1n) is 11.1. The zero-order valence-electron chi connectivity index (χ0n) is 18.2. The van der Waals surface area contributed by atoms with Crippen LogP contribution in [0.3, 0.4) is 0 Å². The lowest BCUT2D eigenvalue weighted by molar-refractivity contribution is 0.0844. The Morgan fingerprint density at radius 3 is 2.88 bits per heavy atom. The van der Waals surface area contributed by atoms with E-state index in [-0.39, 0.29) is 5.92 Å². The van der Waals surface area contributed by atoms with E-state index in [1.54, 1.807) is 30.4 Å². The summed E-state index contributed by atoms with van der Waals surface area (Å²) in [5, 5.41) is 5.36. The first-order valence-corrected chi connectivity index (χ1v) is 11.1. The number of anilines is 1. The Balaban J connectivity index is 1.40. The molecule has 0 radical (unpaired) electrons. The van der Waals surface area contributed by atoms with Crippen molar-refractivity contribution in [1.82, 2.24) is 29.6 Å². The highest BCUT2D eigenvalue weighted by atomic mass is 19.1. The molecule has 3 aromatic rings. The molecule has 10 heteroatoms. The Hall–Kier alpha value is -2.69. The molecule has 2 aliphatic rings. The van der Waals surface area contributed by atoms with Crippen LogP contribution in [0, 0.1) is 0 Å². The summed E-state index contributed by atoms with van der Waals surface area (Å²) in [4.78, 5) is 18.1. The lowest BCUT2D eigenvalue weighted by atomic mass is 9.94. The van der Waals surface area contributed by atoms with Crippen molar-refractivity contribution in [2.75, 3.05) is 64.6 Å². The molecule has 5 heterocycles. The van der Waals surface area contributed by atoms with Gasteiger partial charge in [0.25, 0.3) is 0 Å². The minimum atomic E-state index is -1.01. The second-order valence-corrected chi connectivity index (χ2v) is 8.24. The summed E-state index contributed by atoms with van der Waals surface area (Å²) < 4.78 is 27.4. The van der Waals surface area contributed by atoms with E-state index in [0.29, 0.717) is 44.3 Å². The van der Waals surface area contributed by atoms with Crippen LogP contribution < -0.4 is 4.90 Å². The van der Waals surface area contributed by atoms with Gasteiger partial charge in [-0.2, -0.15) is 5.10 Å². The molecule has 9 nitrogen and oxygen atoms in total. The number of pyridine rings is 1. The zero-order chi connectivity index (χ0) is 21.9. The molecule has 2 atom stereocenters. The molecule has 0 aliphatic carbocycles. The van der Waals surface area contributed by atoms with Gasteiger partial charge in [0.2, 0.25) is 0 Å². The van der Waals surface area contributed by atoms with Gasteiger partial charge >= 0.3 is 0 Å².